The second-order valence-corrected chi connectivity index (χ2v) is 7.24. The van der Waals surface area contributed by atoms with E-state index >= 15 is 0 Å². The minimum Gasteiger partial charge on any atom is -0.384 e. The predicted octanol–water partition coefficient (Wildman–Crippen LogP) is 2.07. The van der Waals surface area contributed by atoms with Crippen LogP contribution in [0.4, 0.5) is 0 Å². The van der Waals surface area contributed by atoms with Crippen molar-refractivity contribution in [2.24, 2.45) is 5.41 Å². The molecule has 0 saturated carbocycles. The second-order valence-electron chi connectivity index (χ2n) is 7.24. The molecule has 26 heavy (non-hydrogen) atoms. The summed E-state index contributed by atoms with van der Waals surface area (Å²) in [6.07, 6.45) is 2.62. The number of hydrogen-bond donors (Lipinski definition) is 2. The lowest BCUT2D eigenvalue weighted by Crippen LogP contribution is -2.53. The van der Waals surface area contributed by atoms with E-state index in [1.165, 1.54) is 5.56 Å². The average molecular weight is 362 g/mol. The van der Waals surface area contributed by atoms with Crippen molar-refractivity contribution in [2.75, 3.05) is 46.4 Å². The number of ether oxygens (including phenoxy) is 1. The molecule has 5 heteroatoms. The number of methoxy groups -OCH3 is 1. The third kappa shape index (κ3) is 5.53. The SMILES string of the molecule is CCN(CC)C(CNC(=O)C1(COC)CCNCC1)Cc1ccccc1. The van der Waals surface area contributed by atoms with Crippen molar-refractivity contribution in [3.05, 3.63) is 35.9 Å². The van der Waals surface area contributed by atoms with Gasteiger partial charge in [0.25, 0.3) is 0 Å². The third-order valence-electron chi connectivity index (χ3n) is 5.60. The maximum atomic E-state index is 13.0. The van der Waals surface area contributed by atoms with Crippen LogP contribution in [-0.4, -0.2) is 63.3 Å². The molecule has 1 aliphatic heterocycles. The number of nitrogens with one attached hydrogen (secondary N) is 2. The summed E-state index contributed by atoms with van der Waals surface area (Å²) in [5, 5.41) is 6.60. The minimum absolute atomic E-state index is 0.145. The molecule has 1 aliphatic rings. The Bertz CT molecular complexity index is 520. The van der Waals surface area contributed by atoms with E-state index in [2.05, 4.69) is 53.6 Å². The minimum atomic E-state index is -0.388. The topological polar surface area (TPSA) is 53.6 Å². The molecule has 1 atom stereocenters. The van der Waals surface area contributed by atoms with Gasteiger partial charge in [-0.1, -0.05) is 44.2 Å². The number of carbonyl (C=O) groups excluding carboxylic acids is 1. The van der Waals surface area contributed by atoms with Gasteiger partial charge in [0.1, 0.15) is 0 Å². The zero-order valence-electron chi connectivity index (χ0n) is 16.6. The van der Waals surface area contributed by atoms with Crippen LogP contribution >= 0.6 is 0 Å². The van der Waals surface area contributed by atoms with Crippen molar-refractivity contribution in [3.8, 4) is 0 Å². The van der Waals surface area contributed by atoms with Gasteiger partial charge >= 0.3 is 0 Å². The maximum absolute atomic E-state index is 13.0. The summed E-state index contributed by atoms with van der Waals surface area (Å²) in [5.74, 6) is 0.145. The Balaban J connectivity index is 2.03. The molecular weight excluding hydrogens is 326 g/mol. The van der Waals surface area contributed by atoms with Crippen LogP contribution in [0, 0.1) is 5.41 Å². The first kappa shape index (κ1) is 20.9. The summed E-state index contributed by atoms with van der Waals surface area (Å²) in [6, 6.07) is 10.8. The fourth-order valence-electron chi connectivity index (χ4n) is 3.97. The Morgan fingerprint density at radius 3 is 2.46 bits per heavy atom. The summed E-state index contributed by atoms with van der Waals surface area (Å²) in [7, 11) is 1.69. The summed E-state index contributed by atoms with van der Waals surface area (Å²) in [4.78, 5) is 15.5. The maximum Gasteiger partial charge on any atom is 0.228 e. The predicted molar refractivity (Wildman–Crippen MR) is 106 cm³/mol. The van der Waals surface area contributed by atoms with Crippen LogP contribution in [0.3, 0.4) is 0 Å². The number of carbonyl (C=O) groups is 1. The van der Waals surface area contributed by atoms with E-state index in [0.717, 1.165) is 45.4 Å². The molecule has 5 nitrogen and oxygen atoms in total. The van der Waals surface area contributed by atoms with Crippen LogP contribution < -0.4 is 10.6 Å². The van der Waals surface area contributed by atoms with E-state index in [1.807, 2.05) is 6.07 Å². The summed E-state index contributed by atoms with van der Waals surface area (Å²) < 4.78 is 5.40. The summed E-state index contributed by atoms with van der Waals surface area (Å²) in [6.45, 7) is 9.25. The highest BCUT2D eigenvalue weighted by molar-refractivity contribution is 5.83. The molecule has 0 bridgehead atoms. The first-order chi connectivity index (χ1) is 12.6. The number of nitrogens with zero attached hydrogens (tertiary/aromatic N) is 1. The highest BCUT2D eigenvalue weighted by atomic mass is 16.5. The lowest BCUT2D eigenvalue weighted by molar-refractivity contribution is -0.136. The molecule has 1 fully saturated rings. The Kier molecular flexibility index (Phi) is 8.55. The van der Waals surface area contributed by atoms with E-state index < -0.39 is 0 Å². The highest BCUT2D eigenvalue weighted by Gasteiger charge is 2.39. The molecule has 1 heterocycles. The number of hydrogen-bond acceptors (Lipinski definition) is 4. The van der Waals surface area contributed by atoms with E-state index in [0.29, 0.717) is 19.2 Å². The first-order valence-electron chi connectivity index (χ1n) is 9.91. The van der Waals surface area contributed by atoms with E-state index in [9.17, 15) is 4.79 Å². The van der Waals surface area contributed by atoms with Crippen LogP contribution in [0.5, 0.6) is 0 Å². The van der Waals surface area contributed by atoms with Crippen LogP contribution in [0.2, 0.25) is 0 Å². The number of benzene rings is 1. The second kappa shape index (κ2) is 10.7. The van der Waals surface area contributed by atoms with Crippen LogP contribution in [0.1, 0.15) is 32.3 Å². The van der Waals surface area contributed by atoms with Crippen LogP contribution in [0.15, 0.2) is 30.3 Å². The highest BCUT2D eigenvalue weighted by Crippen LogP contribution is 2.29. The van der Waals surface area contributed by atoms with Gasteiger partial charge in [0.15, 0.2) is 0 Å². The standard InChI is InChI=1S/C21H35N3O2/c1-4-24(5-2)19(15-18-9-7-6-8-10-18)16-23-20(25)21(17-26-3)11-13-22-14-12-21/h6-10,19,22H,4-5,11-17H2,1-3H3,(H,23,25). The van der Waals surface area contributed by atoms with Crippen molar-refractivity contribution in [1.82, 2.24) is 15.5 Å². The molecule has 2 N–H and O–H groups in total. The average Bonchev–Trinajstić information content (AvgIpc) is 2.68. The molecule has 1 unspecified atom stereocenters. The quantitative estimate of drug-likeness (QED) is 0.670. The Labute approximate surface area is 158 Å². The third-order valence-corrected chi connectivity index (χ3v) is 5.60. The zero-order chi connectivity index (χ0) is 18.8. The largest absolute Gasteiger partial charge is 0.384 e. The molecule has 1 aromatic carbocycles. The fourth-order valence-corrected chi connectivity index (χ4v) is 3.97. The van der Waals surface area contributed by atoms with E-state index in [1.54, 1.807) is 7.11 Å². The van der Waals surface area contributed by atoms with E-state index in [4.69, 9.17) is 4.74 Å². The van der Waals surface area contributed by atoms with Gasteiger partial charge in [0.2, 0.25) is 5.91 Å². The van der Waals surface area contributed by atoms with Gasteiger partial charge in [-0.05, 0) is 51.0 Å². The molecule has 2 rings (SSSR count). The monoisotopic (exact) mass is 361 g/mol. The van der Waals surface area contributed by atoms with Gasteiger partial charge in [-0.25, -0.2) is 0 Å². The summed E-state index contributed by atoms with van der Waals surface area (Å²) in [5.41, 5.74) is 0.924. The van der Waals surface area contributed by atoms with Crippen LogP contribution in [0.25, 0.3) is 0 Å². The van der Waals surface area contributed by atoms with Crippen molar-refractivity contribution in [1.29, 1.82) is 0 Å². The Morgan fingerprint density at radius 1 is 1.23 bits per heavy atom. The molecule has 1 amide bonds. The van der Waals surface area contributed by atoms with Gasteiger partial charge in [0.05, 0.1) is 12.0 Å². The van der Waals surface area contributed by atoms with Crippen molar-refractivity contribution in [3.63, 3.8) is 0 Å². The van der Waals surface area contributed by atoms with Gasteiger partial charge in [-0.2, -0.15) is 0 Å². The smallest absolute Gasteiger partial charge is 0.228 e. The van der Waals surface area contributed by atoms with Gasteiger partial charge in [-0.15, -0.1) is 0 Å². The molecule has 0 aliphatic carbocycles. The van der Waals surface area contributed by atoms with Gasteiger partial charge < -0.3 is 15.4 Å². The molecule has 0 aromatic heterocycles. The molecule has 1 aromatic rings. The lowest BCUT2D eigenvalue weighted by Gasteiger charge is -2.37. The number of amides is 1. The number of rotatable bonds is 10. The molecule has 0 radical (unpaired) electrons. The van der Waals surface area contributed by atoms with Gasteiger partial charge in [-0.3, -0.25) is 9.69 Å². The van der Waals surface area contributed by atoms with Gasteiger partial charge in [0, 0.05) is 19.7 Å². The fraction of sp³-hybridized carbons (Fsp3) is 0.667. The molecule has 0 spiro atoms. The van der Waals surface area contributed by atoms with Crippen LogP contribution in [-0.2, 0) is 16.0 Å². The molecule has 146 valence electrons. The van der Waals surface area contributed by atoms with Crippen molar-refractivity contribution in [2.45, 2.75) is 39.2 Å². The normalized spacial score (nSPS) is 17.8. The van der Waals surface area contributed by atoms with Crippen molar-refractivity contribution < 1.29 is 9.53 Å². The molecule has 1 saturated heterocycles. The zero-order valence-corrected chi connectivity index (χ0v) is 16.6. The Hall–Kier alpha value is -1.43. The Morgan fingerprint density at radius 2 is 1.88 bits per heavy atom. The van der Waals surface area contributed by atoms with E-state index in [-0.39, 0.29) is 11.3 Å². The summed E-state index contributed by atoms with van der Waals surface area (Å²) >= 11 is 0. The lowest BCUT2D eigenvalue weighted by atomic mass is 9.78. The number of likely N-dealkylation sites (N-methyl/N-ethyl adjacent to an activating group) is 1. The van der Waals surface area contributed by atoms with Crippen molar-refractivity contribution >= 4 is 5.91 Å². The first-order valence-corrected chi connectivity index (χ1v) is 9.91. The number of piperidine rings is 1. The molecular formula is C21H35N3O2.